The Balaban J connectivity index is 1.64. The number of nitrogens with zero attached hydrogens (tertiary/aromatic N) is 1. The lowest BCUT2D eigenvalue weighted by Crippen LogP contribution is -2.38. The number of hydrogen-bond acceptors (Lipinski definition) is 2. The molecule has 1 fully saturated rings. The molecule has 2 amide bonds. The van der Waals surface area contributed by atoms with Gasteiger partial charge in [0.05, 0.1) is 6.54 Å². The van der Waals surface area contributed by atoms with Gasteiger partial charge in [-0.15, -0.1) is 0 Å². The van der Waals surface area contributed by atoms with Crippen LogP contribution in [0, 0.1) is 0 Å². The number of rotatable bonds is 4. The van der Waals surface area contributed by atoms with E-state index in [4.69, 9.17) is 0 Å². The molecule has 2 aromatic rings. The van der Waals surface area contributed by atoms with Gasteiger partial charge in [0, 0.05) is 18.7 Å². The Labute approximate surface area is 136 Å². The highest BCUT2D eigenvalue weighted by molar-refractivity contribution is 5.97. The van der Waals surface area contributed by atoms with E-state index < -0.39 is 0 Å². The Hall–Kier alpha value is -2.62. The topological polar surface area (TPSA) is 49.4 Å². The summed E-state index contributed by atoms with van der Waals surface area (Å²) in [4.78, 5) is 26.1. The summed E-state index contributed by atoms with van der Waals surface area (Å²) >= 11 is 0. The van der Waals surface area contributed by atoms with Crippen LogP contribution in [0.4, 0.5) is 0 Å². The molecule has 0 spiro atoms. The third-order valence-electron chi connectivity index (χ3n) is 4.09. The monoisotopic (exact) mass is 308 g/mol. The minimum Gasteiger partial charge on any atom is -0.343 e. The maximum atomic E-state index is 12.3. The number of hydrogen-bond donors (Lipinski definition) is 1. The van der Waals surface area contributed by atoms with E-state index in [1.807, 2.05) is 48.5 Å². The third-order valence-corrected chi connectivity index (χ3v) is 4.09. The van der Waals surface area contributed by atoms with Crippen molar-refractivity contribution in [2.45, 2.75) is 12.8 Å². The third kappa shape index (κ3) is 3.77. The number of amides is 2. The lowest BCUT2D eigenvalue weighted by molar-refractivity contribution is -0.129. The lowest BCUT2D eigenvalue weighted by Gasteiger charge is -2.15. The molecule has 1 saturated heterocycles. The molecule has 0 aromatic heterocycles. The first-order valence-corrected chi connectivity index (χ1v) is 7.95. The van der Waals surface area contributed by atoms with Crippen molar-refractivity contribution in [2.75, 3.05) is 19.6 Å². The normalized spacial score (nSPS) is 13.8. The first-order valence-electron chi connectivity index (χ1n) is 7.95. The summed E-state index contributed by atoms with van der Waals surface area (Å²) in [6.07, 6.45) is 2.11. The van der Waals surface area contributed by atoms with Gasteiger partial charge < -0.3 is 10.2 Å². The Morgan fingerprint density at radius 1 is 0.913 bits per heavy atom. The standard InChI is InChI=1S/C19H20N2O2/c22-18(21-11-4-5-12-21)14-20-19(23)17-10-6-9-16(13-17)15-7-2-1-3-8-15/h1-3,6-10,13H,4-5,11-12,14H2,(H,20,23). The summed E-state index contributed by atoms with van der Waals surface area (Å²) < 4.78 is 0. The Bertz CT molecular complexity index is 692. The highest BCUT2D eigenvalue weighted by Crippen LogP contribution is 2.19. The number of nitrogens with one attached hydrogen (secondary N) is 1. The van der Waals surface area contributed by atoms with Crippen LogP contribution in [0.25, 0.3) is 11.1 Å². The maximum Gasteiger partial charge on any atom is 0.251 e. The molecule has 4 nitrogen and oxygen atoms in total. The lowest BCUT2D eigenvalue weighted by atomic mass is 10.0. The van der Waals surface area contributed by atoms with Gasteiger partial charge in [0.2, 0.25) is 5.91 Å². The molecule has 118 valence electrons. The molecular formula is C19H20N2O2. The van der Waals surface area contributed by atoms with Crippen molar-refractivity contribution in [1.29, 1.82) is 0 Å². The molecule has 0 radical (unpaired) electrons. The molecule has 23 heavy (non-hydrogen) atoms. The zero-order valence-corrected chi connectivity index (χ0v) is 13.0. The van der Waals surface area contributed by atoms with Crippen LogP contribution in [-0.4, -0.2) is 36.3 Å². The minimum atomic E-state index is -0.213. The van der Waals surface area contributed by atoms with Crippen molar-refractivity contribution in [1.82, 2.24) is 10.2 Å². The fraction of sp³-hybridized carbons (Fsp3) is 0.263. The minimum absolute atomic E-state index is 0.00457. The number of carbonyl (C=O) groups is 2. The zero-order valence-electron chi connectivity index (χ0n) is 13.0. The van der Waals surface area contributed by atoms with Crippen LogP contribution in [0.5, 0.6) is 0 Å². The van der Waals surface area contributed by atoms with Crippen LogP contribution in [0.1, 0.15) is 23.2 Å². The van der Waals surface area contributed by atoms with Gasteiger partial charge >= 0.3 is 0 Å². The Morgan fingerprint density at radius 2 is 1.61 bits per heavy atom. The van der Waals surface area contributed by atoms with E-state index in [0.717, 1.165) is 37.1 Å². The van der Waals surface area contributed by atoms with Crippen LogP contribution in [-0.2, 0) is 4.79 Å². The molecule has 3 rings (SSSR count). The van der Waals surface area contributed by atoms with Crippen LogP contribution >= 0.6 is 0 Å². The van der Waals surface area contributed by atoms with E-state index in [1.165, 1.54) is 0 Å². The molecule has 0 unspecified atom stereocenters. The predicted octanol–water partition coefficient (Wildman–Crippen LogP) is 2.71. The molecule has 0 saturated carbocycles. The Kier molecular flexibility index (Phi) is 4.71. The van der Waals surface area contributed by atoms with Crippen LogP contribution < -0.4 is 5.32 Å². The van der Waals surface area contributed by atoms with Gasteiger partial charge in [-0.25, -0.2) is 0 Å². The highest BCUT2D eigenvalue weighted by Gasteiger charge is 2.18. The number of carbonyl (C=O) groups excluding carboxylic acids is 2. The van der Waals surface area contributed by atoms with E-state index in [1.54, 1.807) is 11.0 Å². The summed E-state index contributed by atoms with van der Waals surface area (Å²) in [5, 5.41) is 2.72. The van der Waals surface area contributed by atoms with Gasteiger partial charge in [0.25, 0.3) is 5.91 Å². The second kappa shape index (κ2) is 7.09. The van der Waals surface area contributed by atoms with Crippen LogP contribution in [0.3, 0.4) is 0 Å². The molecule has 1 heterocycles. The summed E-state index contributed by atoms with van der Waals surface area (Å²) in [6, 6.07) is 17.4. The fourth-order valence-electron chi connectivity index (χ4n) is 2.81. The molecule has 0 aliphatic carbocycles. The summed E-state index contributed by atoms with van der Waals surface area (Å²) in [5.41, 5.74) is 2.62. The molecule has 1 N–H and O–H groups in total. The zero-order chi connectivity index (χ0) is 16.1. The van der Waals surface area contributed by atoms with Crippen molar-refractivity contribution < 1.29 is 9.59 Å². The molecule has 1 aliphatic rings. The maximum absolute atomic E-state index is 12.3. The molecule has 2 aromatic carbocycles. The van der Waals surface area contributed by atoms with E-state index in [2.05, 4.69) is 5.32 Å². The Morgan fingerprint density at radius 3 is 2.35 bits per heavy atom. The van der Waals surface area contributed by atoms with Crippen LogP contribution in [0.15, 0.2) is 54.6 Å². The second-order valence-corrected chi connectivity index (χ2v) is 5.72. The SMILES string of the molecule is O=C(NCC(=O)N1CCCC1)c1cccc(-c2ccccc2)c1. The van der Waals surface area contributed by atoms with Crippen molar-refractivity contribution >= 4 is 11.8 Å². The van der Waals surface area contributed by atoms with Gasteiger partial charge in [0.15, 0.2) is 0 Å². The van der Waals surface area contributed by atoms with Crippen LogP contribution in [0.2, 0.25) is 0 Å². The average molecular weight is 308 g/mol. The smallest absolute Gasteiger partial charge is 0.251 e. The summed E-state index contributed by atoms with van der Waals surface area (Å²) in [7, 11) is 0. The summed E-state index contributed by atoms with van der Waals surface area (Å²) in [6.45, 7) is 1.67. The van der Waals surface area contributed by atoms with Gasteiger partial charge in [0.1, 0.15) is 0 Å². The first kappa shape index (κ1) is 15.3. The van der Waals surface area contributed by atoms with E-state index in [9.17, 15) is 9.59 Å². The van der Waals surface area contributed by atoms with Crippen molar-refractivity contribution in [3.63, 3.8) is 0 Å². The average Bonchev–Trinajstić information content (AvgIpc) is 3.15. The van der Waals surface area contributed by atoms with Crippen molar-refractivity contribution in [3.8, 4) is 11.1 Å². The first-order chi connectivity index (χ1) is 11.2. The number of benzene rings is 2. The van der Waals surface area contributed by atoms with Gasteiger partial charge in [-0.05, 0) is 36.1 Å². The molecule has 1 aliphatic heterocycles. The summed E-state index contributed by atoms with van der Waals surface area (Å²) in [5.74, 6) is -0.217. The van der Waals surface area contributed by atoms with Gasteiger partial charge in [-0.3, -0.25) is 9.59 Å². The van der Waals surface area contributed by atoms with Crippen molar-refractivity contribution in [3.05, 3.63) is 60.2 Å². The molecule has 0 atom stereocenters. The van der Waals surface area contributed by atoms with E-state index in [-0.39, 0.29) is 18.4 Å². The van der Waals surface area contributed by atoms with Gasteiger partial charge in [-0.1, -0.05) is 42.5 Å². The quantitative estimate of drug-likeness (QED) is 0.944. The fourth-order valence-corrected chi connectivity index (χ4v) is 2.81. The number of likely N-dealkylation sites (tertiary alicyclic amines) is 1. The predicted molar refractivity (Wildman–Crippen MR) is 90.0 cm³/mol. The van der Waals surface area contributed by atoms with Crippen molar-refractivity contribution in [2.24, 2.45) is 0 Å². The van der Waals surface area contributed by atoms with Gasteiger partial charge in [-0.2, -0.15) is 0 Å². The van der Waals surface area contributed by atoms with E-state index in [0.29, 0.717) is 5.56 Å². The molecule has 0 bridgehead atoms. The highest BCUT2D eigenvalue weighted by atomic mass is 16.2. The largest absolute Gasteiger partial charge is 0.343 e. The van der Waals surface area contributed by atoms with E-state index >= 15 is 0 Å². The second-order valence-electron chi connectivity index (χ2n) is 5.72. The molecule has 4 heteroatoms. The molecular weight excluding hydrogens is 288 g/mol.